The molecule has 0 spiro atoms. The Kier molecular flexibility index (Phi) is 41.2. The van der Waals surface area contributed by atoms with Crippen molar-refractivity contribution in [1.29, 1.82) is 0 Å². The predicted molar refractivity (Wildman–Crippen MR) is 286 cm³/mol. The van der Waals surface area contributed by atoms with Crippen LogP contribution in [-0.2, 0) is 23.7 Å². The molecule has 2 aliphatic heterocycles. The maximum atomic E-state index is 13.0. The van der Waals surface area contributed by atoms with E-state index in [0.717, 1.165) is 32.1 Å². The number of ether oxygens (including phenoxy) is 4. The Morgan fingerprint density at radius 2 is 0.903 bits per heavy atom. The Morgan fingerprint density at radius 3 is 1.35 bits per heavy atom. The molecule has 2 heterocycles. The molecule has 0 aromatic carbocycles. The molecule has 12 atom stereocenters. The van der Waals surface area contributed by atoms with E-state index in [9.17, 15) is 45.6 Å². The van der Waals surface area contributed by atoms with Gasteiger partial charge in [-0.15, -0.1) is 0 Å². The fraction of sp³-hybridized carbons (Fsp3) is 0.914. The minimum Gasteiger partial charge on any atom is -0.394 e. The minimum absolute atomic E-state index is 0.248. The molecule has 72 heavy (non-hydrogen) atoms. The van der Waals surface area contributed by atoms with Crippen molar-refractivity contribution in [2.75, 3.05) is 19.8 Å². The van der Waals surface area contributed by atoms with Crippen LogP contribution >= 0.6 is 0 Å². The molecule has 2 saturated heterocycles. The van der Waals surface area contributed by atoms with Gasteiger partial charge in [-0.05, 0) is 38.5 Å². The number of aliphatic hydroxyl groups excluding tert-OH is 8. The van der Waals surface area contributed by atoms with E-state index in [-0.39, 0.29) is 18.9 Å². The van der Waals surface area contributed by atoms with Crippen molar-refractivity contribution in [1.82, 2.24) is 5.32 Å². The number of allylic oxidation sites excluding steroid dienone is 3. The highest BCUT2D eigenvalue weighted by Gasteiger charge is 2.51. The molecule has 9 N–H and O–H groups in total. The lowest BCUT2D eigenvalue weighted by molar-refractivity contribution is -0.359. The van der Waals surface area contributed by atoms with Gasteiger partial charge >= 0.3 is 0 Å². The van der Waals surface area contributed by atoms with E-state index in [0.29, 0.717) is 6.42 Å². The monoisotopic (exact) mass is 1030 g/mol. The number of hydrogen-bond donors (Lipinski definition) is 9. The van der Waals surface area contributed by atoms with Crippen molar-refractivity contribution in [2.45, 2.75) is 319 Å². The molecule has 0 aromatic heterocycles. The molecule has 12 unspecified atom stereocenters. The Balaban J connectivity index is 1.46. The molecular formula is C58H109NO13. The van der Waals surface area contributed by atoms with E-state index in [2.05, 4.69) is 24.4 Å². The highest BCUT2D eigenvalue weighted by molar-refractivity contribution is 5.76. The maximum Gasteiger partial charge on any atom is 0.220 e. The number of carbonyl (C=O) groups excluding carboxylic acids is 1. The van der Waals surface area contributed by atoms with Crippen molar-refractivity contribution >= 4 is 5.91 Å². The zero-order chi connectivity index (χ0) is 52.4. The first-order chi connectivity index (χ1) is 35.1. The van der Waals surface area contributed by atoms with E-state index in [1.54, 1.807) is 6.08 Å². The normalized spacial score (nSPS) is 25.7. The quantitative estimate of drug-likeness (QED) is 0.0205. The molecule has 14 nitrogen and oxygen atoms in total. The van der Waals surface area contributed by atoms with Gasteiger partial charge in [0.15, 0.2) is 12.6 Å². The summed E-state index contributed by atoms with van der Waals surface area (Å²) in [4.78, 5) is 13.0. The molecule has 14 heteroatoms. The summed E-state index contributed by atoms with van der Waals surface area (Å²) in [6.07, 6.45) is 36.7. The van der Waals surface area contributed by atoms with Crippen LogP contribution in [0.3, 0.4) is 0 Å². The number of unbranched alkanes of at least 4 members (excludes halogenated alkanes) is 32. The summed E-state index contributed by atoms with van der Waals surface area (Å²) in [5.74, 6) is -0.248. The molecule has 2 aliphatic rings. The van der Waals surface area contributed by atoms with E-state index in [4.69, 9.17) is 18.9 Å². The second-order valence-electron chi connectivity index (χ2n) is 21.1. The van der Waals surface area contributed by atoms with Crippen LogP contribution in [0.25, 0.3) is 0 Å². The van der Waals surface area contributed by atoms with E-state index in [1.165, 1.54) is 186 Å². The Hall–Kier alpha value is -1.53. The molecule has 1 amide bonds. The Morgan fingerprint density at radius 1 is 0.486 bits per heavy atom. The van der Waals surface area contributed by atoms with E-state index >= 15 is 0 Å². The number of aliphatic hydroxyl groups is 8. The molecule has 0 radical (unpaired) electrons. The second kappa shape index (κ2) is 44.6. The molecule has 424 valence electrons. The predicted octanol–water partition coefficient (Wildman–Crippen LogP) is 9.67. The number of carbonyl (C=O) groups is 1. The van der Waals surface area contributed by atoms with Crippen LogP contribution in [0.5, 0.6) is 0 Å². The lowest BCUT2D eigenvalue weighted by atomic mass is 9.97. The van der Waals surface area contributed by atoms with Crippen LogP contribution in [0.4, 0.5) is 0 Å². The number of nitrogens with one attached hydrogen (secondary N) is 1. The van der Waals surface area contributed by atoms with Crippen molar-refractivity contribution in [3.8, 4) is 0 Å². The van der Waals surface area contributed by atoms with Gasteiger partial charge in [0.05, 0.1) is 32.0 Å². The minimum atomic E-state index is -1.78. The highest BCUT2D eigenvalue weighted by Crippen LogP contribution is 2.30. The fourth-order valence-electron chi connectivity index (χ4n) is 9.82. The summed E-state index contributed by atoms with van der Waals surface area (Å²) in [7, 11) is 0. The van der Waals surface area contributed by atoms with Gasteiger partial charge in [0.25, 0.3) is 0 Å². The van der Waals surface area contributed by atoms with Gasteiger partial charge in [-0.2, -0.15) is 0 Å². The van der Waals surface area contributed by atoms with Gasteiger partial charge < -0.3 is 65.1 Å². The summed E-state index contributed by atoms with van der Waals surface area (Å²) < 4.78 is 22.5. The zero-order valence-corrected chi connectivity index (χ0v) is 45.4. The molecule has 0 saturated carbocycles. The number of rotatable bonds is 47. The SMILES string of the molecule is CCC/C=C/C(O)C(COC1OC(CO)C(OC2OC(CO)C(O)C(O)C2O)C(O)C1O)NC(=O)CCCCCCCCCCCCCCCCCCCCCCCCC/C=C\CCCCCCCCCC. The largest absolute Gasteiger partial charge is 0.394 e. The lowest BCUT2D eigenvalue weighted by Crippen LogP contribution is -2.65. The number of amides is 1. The van der Waals surface area contributed by atoms with Crippen molar-refractivity contribution in [3.05, 3.63) is 24.3 Å². The smallest absolute Gasteiger partial charge is 0.220 e. The third-order valence-electron chi connectivity index (χ3n) is 14.6. The van der Waals surface area contributed by atoms with Crippen LogP contribution in [0.15, 0.2) is 24.3 Å². The van der Waals surface area contributed by atoms with Crippen LogP contribution in [-0.4, -0.2) is 140 Å². The van der Waals surface area contributed by atoms with E-state index < -0.39 is 86.8 Å². The van der Waals surface area contributed by atoms with Crippen molar-refractivity contribution < 1.29 is 64.6 Å². The Bertz CT molecular complexity index is 1300. The first-order valence-electron chi connectivity index (χ1n) is 29.6. The second-order valence-corrected chi connectivity index (χ2v) is 21.1. The third kappa shape index (κ3) is 30.3. The average molecular weight is 1030 g/mol. The first-order valence-corrected chi connectivity index (χ1v) is 29.6. The van der Waals surface area contributed by atoms with Gasteiger partial charge in [-0.3, -0.25) is 4.79 Å². The van der Waals surface area contributed by atoms with Gasteiger partial charge in [0.2, 0.25) is 5.91 Å². The maximum absolute atomic E-state index is 13.0. The molecule has 0 aromatic rings. The summed E-state index contributed by atoms with van der Waals surface area (Å²) in [5, 5.41) is 86.0. The van der Waals surface area contributed by atoms with Gasteiger partial charge in [-0.25, -0.2) is 0 Å². The lowest BCUT2D eigenvalue weighted by Gasteiger charge is -2.46. The molecule has 0 bridgehead atoms. The molecular weight excluding hydrogens is 919 g/mol. The Labute approximate surface area is 437 Å². The third-order valence-corrected chi connectivity index (χ3v) is 14.6. The summed E-state index contributed by atoms with van der Waals surface area (Å²) in [6, 6.07) is -0.906. The first kappa shape index (κ1) is 66.6. The number of hydrogen-bond acceptors (Lipinski definition) is 13. The van der Waals surface area contributed by atoms with Gasteiger partial charge in [0.1, 0.15) is 48.8 Å². The summed E-state index contributed by atoms with van der Waals surface area (Å²) >= 11 is 0. The van der Waals surface area contributed by atoms with Crippen LogP contribution in [0.2, 0.25) is 0 Å². The summed E-state index contributed by atoms with van der Waals surface area (Å²) in [5.41, 5.74) is 0. The molecule has 2 rings (SSSR count). The van der Waals surface area contributed by atoms with Crippen LogP contribution < -0.4 is 5.32 Å². The topological polar surface area (TPSA) is 228 Å². The highest BCUT2D eigenvalue weighted by atomic mass is 16.7. The van der Waals surface area contributed by atoms with E-state index in [1.807, 2.05) is 13.0 Å². The van der Waals surface area contributed by atoms with Crippen LogP contribution in [0.1, 0.15) is 245 Å². The standard InChI is InChI=1S/C58H109NO13/c1-3-5-7-8-9-10-11-12-13-14-15-16-17-18-19-20-21-22-23-24-25-26-27-28-29-30-31-32-33-34-35-36-37-38-40-42-50(63)59-46(47(62)41-39-6-4-2)45-69-57-55(68)53(66)56(49(44-61)71-57)72-58-54(67)52(65)51(64)48(43-60)70-58/h14-15,39,41,46-49,51-58,60-62,64-68H,3-13,16-38,40,42-45H2,1-2H3,(H,59,63)/b15-14-,41-39+. The average Bonchev–Trinajstić information content (AvgIpc) is 3.38. The molecule has 0 aliphatic carbocycles. The van der Waals surface area contributed by atoms with Crippen molar-refractivity contribution in [2.24, 2.45) is 0 Å². The van der Waals surface area contributed by atoms with Gasteiger partial charge in [0, 0.05) is 6.42 Å². The summed E-state index contributed by atoms with van der Waals surface area (Å²) in [6.45, 7) is 2.57. The molecule has 2 fully saturated rings. The zero-order valence-electron chi connectivity index (χ0n) is 45.4. The van der Waals surface area contributed by atoms with Gasteiger partial charge in [-0.1, -0.05) is 224 Å². The van der Waals surface area contributed by atoms with Crippen LogP contribution in [0, 0.1) is 0 Å². The van der Waals surface area contributed by atoms with Crippen molar-refractivity contribution in [3.63, 3.8) is 0 Å². The fourth-order valence-corrected chi connectivity index (χ4v) is 9.82.